The van der Waals surface area contributed by atoms with Crippen LogP contribution in [0.1, 0.15) is 31.8 Å². The standard InChI is InChI=1S/C33H23ClN2O3/c34-24-15-7-5-13-22(24)31(38)28-29(30(37)21-11-2-1-3-12-21)36-26-17-9-4-10-20(26)18-19-27(36)33(28)23-14-6-8-16-25(23)35-32(33)39/h1-19,27-29H,(H,35,39). The third-order valence-electron chi connectivity index (χ3n) is 8.29. The molecule has 3 aliphatic rings. The second kappa shape index (κ2) is 8.79. The second-order valence-corrected chi connectivity index (χ2v) is 10.5. The number of Topliss-reactive ketones (excluding diaryl/α,β-unsaturated/α-hetero) is 2. The van der Waals surface area contributed by atoms with Gasteiger partial charge in [-0.1, -0.05) is 103 Å². The van der Waals surface area contributed by atoms with Crippen LogP contribution >= 0.6 is 11.6 Å². The molecule has 4 unspecified atom stereocenters. The van der Waals surface area contributed by atoms with Crippen molar-refractivity contribution in [3.63, 3.8) is 0 Å². The molecule has 1 N–H and O–H groups in total. The molecule has 190 valence electrons. The zero-order valence-electron chi connectivity index (χ0n) is 20.8. The summed E-state index contributed by atoms with van der Waals surface area (Å²) in [7, 11) is 0. The van der Waals surface area contributed by atoms with Gasteiger partial charge in [-0.15, -0.1) is 0 Å². The van der Waals surface area contributed by atoms with E-state index in [1.165, 1.54) is 0 Å². The molecule has 39 heavy (non-hydrogen) atoms. The summed E-state index contributed by atoms with van der Waals surface area (Å²) >= 11 is 6.57. The minimum atomic E-state index is -1.36. The molecular formula is C33H23ClN2O3. The average molecular weight is 531 g/mol. The number of nitrogens with one attached hydrogen (secondary N) is 1. The van der Waals surface area contributed by atoms with Crippen LogP contribution in [-0.2, 0) is 10.2 Å². The van der Waals surface area contributed by atoms with Crippen molar-refractivity contribution < 1.29 is 14.4 Å². The molecule has 0 radical (unpaired) electrons. The third-order valence-corrected chi connectivity index (χ3v) is 8.62. The van der Waals surface area contributed by atoms with E-state index < -0.39 is 23.4 Å². The van der Waals surface area contributed by atoms with E-state index in [9.17, 15) is 14.4 Å². The smallest absolute Gasteiger partial charge is 0.238 e. The molecule has 0 bridgehead atoms. The molecule has 4 aromatic carbocycles. The summed E-state index contributed by atoms with van der Waals surface area (Å²) in [4.78, 5) is 45.5. The number of rotatable bonds is 4. The fourth-order valence-electron chi connectivity index (χ4n) is 6.72. The van der Waals surface area contributed by atoms with Gasteiger partial charge in [0.05, 0.1) is 17.0 Å². The molecule has 1 amide bonds. The first-order valence-electron chi connectivity index (χ1n) is 12.9. The van der Waals surface area contributed by atoms with Gasteiger partial charge in [-0.3, -0.25) is 14.4 Å². The van der Waals surface area contributed by atoms with Gasteiger partial charge < -0.3 is 10.2 Å². The normalized spacial score (nSPS) is 24.2. The van der Waals surface area contributed by atoms with Crippen LogP contribution in [0.3, 0.4) is 0 Å². The van der Waals surface area contributed by atoms with E-state index in [0.717, 1.165) is 11.3 Å². The van der Waals surface area contributed by atoms with Crippen LogP contribution in [0.4, 0.5) is 11.4 Å². The van der Waals surface area contributed by atoms with Crippen LogP contribution < -0.4 is 10.2 Å². The maximum atomic E-state index is 14.7. The molecule has 1 spiro atoms. The van der Waals surface area contributed by atoms with Crippen molar-refractivity contribution in [2.75, 3.05) is 10.2 Å². The summed E-state index contributed by atoms with van der Waals surface area (Å²) in [6.07, 6.45) is 3.95. The Labute approximate surface area is 230 Å². The van der Waals surface area contributed by atoms with E-state index in [1.54, 1.807) is 36.4 Å². The summed E-state index contributed by atoms with van der Waals surface area (Å²) in [5.41, 5.74) is 2.52. The molecule has 3 aliphatic heterocycles. The lowest BCUT2D eigenvalue weighted by molar-refractivity contribution is -0.121. The van der Waals surface area contributed by atoms with Gasteiger partial charge in [-0.2, -0.15) is 0 Å². The molecular weight excluding hydrogens is 508 g/mol. The number of ketones is 2. The Morgan fingerprint density at radius 1 is 0.795 bits per heavy atom. The number of carbonyl (C=O) groups is 3. The van der Waals surface area contributed by atoms with Gasteiger partial charge in [0.15, 0.2) is 11.6 Å². The highest BCUT2D eigenvalue weighted by Gasteiger charge is 2.70. The minimum absolute atomic E-state index is 0.217. The summed E-state index contributed by atoms with van der Waals surface area (Å²) in [6.45, 7) is 0. The molecule has 0 aromatic heterocycles. The molecule has 1 fully saturated rings. The first kappa shape index (κ1) is 23.6. The number of hydrogen-bond donors (Lipinski definition) is 1. The largest absolute Gasteiger partial charge is 0.352 e. The number of carbonyl (C=O) groups excluding carboxylic acids is 3. The quantitative estimate of drug-likeness (QED) is 0.319. The van der Waals surface area contributed by atoms with Gasteiger partial charge in [0, 0.05) is 22.5 Å². The number of fused-ring (bicyclic) bond motifs is 6. The van der Waals surface area contributed by atoms with Crippen LogP contribution in [0.5, 0.6) is 0 Å². The van der Waals surface area contributed by atoms with E-state index in [2.05, 4.69) is 5.32 Å². The molecule has 3 heterocycles. The van der Waals surface area contributed by atoms with Crippen molar-refractivity contribution in [3.05, 3.63) is 136 Å². The van der Waals surface area contributed by atoms with Crippen LogP contribution in [0.2, 0.25) is 5.02 Å². The Hall–Kier alpha value is -4.48. The summed E-state index contributed by atoms with van der Waals surface area (Å²) < 4.78 is 0. The molecule has 1 saturated heterocycles. The Morgan fingerprint density at radius 3 is 2.31 bits per heavy atom. The maximum Gasteiger partial charge on any atom is 0.238 e. The lowest BCUT2D eigenvalue weighted by Gasteiger charge is -2.37. The number of amides is 1. The molecule has 6 heteroatoms. The van der Waals surface area contributed by atoms with Gasteiger partial charge in [0.25, 0.3) is 0 Å². The Morgan fingerprint density at radius 2 is 1.49 bits per heavy atom. The molecule has 0 aliphatic carbocycles. The predicted molar refractivity (Wildman–Crippen MR) is 152 cm³/mol. The Balaban J connectivity index is 1.56. The molecule has 4 aromatic rings. The SMILES string of the molecule is O=C(c1ccccc1)C1C(C(=O)c2ccccc2Cl)C2(C(=O)Nc3ccccc32)C2C=Cc3ccccc3N12. The zero-order chi connectivity index (χ0) is 26.7. The lowest BCUT2D eigenvalue weighted by Crippen LogP contribution is -2.51. The zero-order valence-corrected chi connectivity index (χ0v) is 21.5. The second-order valence-electron chi connectivity index (χ2n) is 10.1. The van der Waals surface area contributed by atoms with Crippen LogP contribution in [0.25, 0.3) is 6.08 Å². The van der Waals surface area contributed by atoms with Crippen LogP contribution in [-0.4, -0.2) is 29.6 Å². The van der Waals surface area contributed by atoms with Gasteiger partial charge in [-0.25, -0.2) is 0 Å². The first-order valence-corrected chi connectivity index (χ1v) is 13.3. The summed E-state index contributed by atoms with van der Waals surface area (Å²) in [5, 5.41) is 3.33. The summed E-state index contributed by atoms with van der Waals surface area (Å²) in [6, 6.07) is 29.5. The summed E-state index contributed by atoms with van der Waals surface area (Å²) in [5.74, 6) is -1.89. The van der Waals surface area contributed by atoms with Gasteiger partial charge in [0.1, 0.15) is 11.5 Å². The highest BCUT2D eigenvalue weighted by molar-refractivity contribution is 6.34. The van der Waals surface area contributed by atoms with Gasteiger partial charge in [-0.05, 0) is 35.4 Å². The van der Waals surface area contributed by atoms with Crippen LogP contribution in [0.15, 0.2) is 109 Å². The highest BCUT2D eigenvalue weighted by Crippen LogP contribution is 2.58. The number of benzene rings is 4. The number of anilines is 2. The third kappa shape index (κ3) is 3.23. The number of halogens is 1. The van der Waals surface area contributed by atoms with E-state index >= 15 is 0 Å². The highest BCUT2D eigenvalue weighted by atomic mass is 35.5. The monoisotopic (exact) mass is 530 g/mol. The van der Waals surface area contributed by atoms with Crippen molar-refractivity contribution in [2.45, 2.75) is 17.5 Å². The Kier molecular flexibility index (Phi) is 5.32. The van der Waals surface area contributed by atoms with Crippen molar-refractivity contribution >= 4 is 46.5 Å². The van der Waals surface area contributed by atoms with E-state index in [0.29, 0.717) is 22.4 Å². The molecule has 7 rings (SSSR count). The first-order chi connectivity index (χ1) is 19.0. The van der Waals surface area contributed by atoms with Gasteiger partial charge in [0.2, 0.25) is 5.91 Å². The number of nitrogens with zero attached hydrogens (tertiary/aromatic N) is 1. The van der Waals surface area contributed by atoms with Crippen molar-refractivity contribution in [1.29, 1.82) is 0 Å². The van der Waals surface area contributed by atoms with Gasteiger partial charge >= 0.3 is 0 Å². The van der Waals surface area contributed by atoms with E-state index in [-0.39, 0.29) is 22.5 Å². The molecule has 5 nitrogen and oxygen atoms in total. The van der Waals surface area contributed by atoms with E-state index in [4.69, 9.17) is 11.6 Å². The van der Waals surface area contributed by atoms with Crippen molar-refractivity contribution in [2.24, 2.45) is 5.92 Å². The maximum absolute atomic E-state index is 14.7. The predicted octanol–water partition coefficient (Wildman–Crippen LogP) is 6.20. The Bertz CT molecular complexity index is 1700. The molecule has 4 atom stereocenters. The number of hydrogen-bond acceptors (Lipinski definition) is 4. The fraction of sp³-hybridized carbons (Fsp3) is 0.121. The van der Waals surface area contributed by atoms with Crippen LogP contribution in [0, 0.1) is 5.92 Å². The topological polar surface area (TPSA) is 66.5 Å². The fourth-order valence-corrected chi connectivity index (χ4v) is 6.95. The lowest BCUT2D eigenvalue weighted by atomic mass is 9.64. The molecule has 0 saturated carbocycles. The van der Waals surface area contributed by atoms with Crippen molar-refractivity contribution in [3.8, 4) is 0 Å². The van der Waals surface area contributed by atoms with E-state index in [1.807, 2.05) is 83.8 Å². The number of para-hydroxylation sites is 2. The average Bonchev–Trinajstić information content (AvgIpc) is 3.45. The minimum Gasteiger partial charge on any atom is -0.352 e. The van der Waals surface area contributed by atoms with Crippen molar-refractivity contribution in [1.82, 2.24) is 0 Å².